The van der Waals surface area contributed by atoms with Crippen LogP contribution in [0.1, 0.15) is 11.1 Å². The highest BCUT2D eigenvalue weighted by Gasteiger charge is 2.55. The standard InChI is InChI=1S/C16H13ClO4/c1-10-8-13(21-12-4-2-11(17)3-5-12)6-7-14(10)16(9-20-16)15(18)19/h2-8H,9H2,1H3,(H,18,19). The molecule has 2 aromatic carbocycles. The maximum absolute atomic E-state index is 11.3. The van der Waals surface area contributed by atoms with E-state index in [0.29, 0.717) is 22.1 Å². The quantitative estimate of drug-likeness (QED) is 0.874. The van der Waals surface area contributed by atoms with Crippen molar-refractivity contribution in [3.8, 4) is 11.5 Å². The van der Waals surface area contributed by atoms with Crippen LogP contribution >= 0.6 is 11.6 Å². The summed E-state index contributed by atoms with van der Waals surface area (Å²) < 4.78 is 10.9. The van der Waals surface area contributed by atoms with Gasteiger partial charge in [0.1, 0.15) is 11.5 Å². The third-order valence-corrected chi connectivity index (χ3v) is 3.71. The van der Waals surface area contributed by atoms with E-state index in [1.807, 2.05) is 6.92 Å². The van der Waals surface area contributed by atoms with Gasteiger partial charge < -0.3 is 14.6 Å². The summed E-state index contributed by atoms with van der Waals surface area (Å²) in [5, 5.41) is 9.89. The van der Waals surface area contributed by atoms with Crippen molar-refractivity contribution in [3.05, 3.63) is 58.6 Å². The first-order valence-corrected chi connectivity index (χ1v) is 6.81. The van der Waals surface area contributed by atoms with Crippen LogP contribution in [0.2, 0.25) is 5.02 Å². The van der Waals surface area contributed by atoms with E-state index in [-0.39, 0.29) is 6.61 Å². The molecule has 1 heterocycles. The summed E-state index contributed by atoms with van der Waals surface area (Å²) in [6, 6.07) is 12.3. The molecule has 0 bridgehead atoms. The molecule has 0 radical (unpaired) electrons. The van der Waals surface area contributed by atoms with Gasteiger partial charge in [-0.05, 0) is 48.9 Å². The lowest BCUT2D eigenvalue weighted by Gasteiger charge is -2.13. The van der Waals surface area contributed by atoms with Gasteiger partial charge in [-0.2, -0.15) is 0 Å². The Labute approximate surface area is 126 Å². The first kappa shape index (κ1) is 13.9. The molecule has 21 heavy (non-hydrogen) atoms. The van der Waals surface area contributed by atoms with Crippen LogP contribution in [-0.4, -0.2) is 17.7 Å². The summed E-state index contributed by atoms with van der Waals surface area (Å²) in [6.07, 6.45) is 0. The number of carbonyl (C=O) groups is 1. The van der Waals surface area contributed by atoms with Crippen LogP contribution in [-0.2, 0) is 15.1 Å². The molecular formula is C16H13ClO4. The molecule has 4 nitrogen and oxygen atoms in total. The number of halogens is 1. The Balaban J connectivity index is 1.85. The van der Waals surface area contributed by atoms with Gasteiger partial charge in [0.25, 0.3) is 0 Å². The Kier molecular flexibility index (Phi) is 3.35. The lowest BCUT2D eigenvalue weighted by atomic mass is 9.95. The molecule has 0 aromatic heterocycles. The van der Waals surface area contributed by atoms with E-state index in [9.17, 15) is 9.90 Å². The monoisotopic (exact) mass is 304 g/mol. The van der Waals surface area contributed by atoms with E-state index < -0.39 is 11.6 Å². The number of aryl methyl sites for hydroxylation is 1. The molecule has 1 saturated heterocycles. The van der Waals surface area contributed by atoms with Crippen molar-refractivity contribution < 1.29 is 19.4 Å². The van der Waals surface area contributed by atoms with E-state index in [4.69, 9.17) is 21.1 Å². The molecule has 2 aromatic rings. The Morgan fingerprint density at radius 2 is 1.86 bits per heavy atom. The number of ether oxygens (including phenoxy) is 2. The van der Waals surface area contributed by atoms with Crippen LogP contribution in [0.25, 0.3) is 0 Å². The number of benzene rings is 2. The van der Waals surface area contributed by atoms with Gasteiger partial charge in [0.2, 0.25) is 5.60 Å². The lowest BCUT2D eigenvalue weighted by Crippen LogP contribution is -2.22. The van der Waals surface area contributed by atoms with Crippen molar-refractivity contribution in [1.82, 2.24) is 0 Å². The van der Waals surface area contributed by atoms with Crippen LogP contribution in [0.4, 0.5) is 0 Å². The first-order valence-electron chi connectivity index (χ1n) is 6.43. The Morgan fingerprint density at radius 1 is 1.24 bits per heavy atom. The smallest absolute Gasteiger partial charge is 0.343 e. The zero-order valence-corrected chi connectivity index (χ0v) is 12.1. The minimum Gasteiger partial charge on any atom is -0.479 e. The SMILES string of the molecule is Cc1cc(Oc2ccc(Cl)cc2)ccc1C1(C(=O)O)CO1. The van der Waals surface area contributed by atoms with Gasteiger partial charge in [0.15, 0.2) is 0 Å². The van der Waals surface area contributed by atoms with Crippen LogP contribution in [0.15, 0.2) is 42.5 Å². The van der Waals surface area contributed by atoms with Gasteiger partial charge in [-0.3, -0.25) is 0 Å². The summed E-state index contributed by atoms with van der Waals surface area (Å²) in [7, 11) is 0. The highest BCUT2D eigenvalue weighted by molar-refractivity contribution is 6.30. The summed E-state index contributed by atoms with van der Waals surface area (Å²) in [4.78, 5) is 11.3. The van der Waals surface area contributed by atoms with Crippen LogP contribution < -0.4 is 4.74 Å². The molecule has 0 amide bonds. The second-order valence-corrected chi connectivity index (χ2v) is 5.39. The maximum atomic E-state index is 11.3. The summed E-state index contributed by atoms with van der Waals surface area (Å²) in [5.74, 6) is 0.346. The van der Waals surface area contributed by atoms with E-state index in [2.05, 4.69) is 0 Å². The number of epoxide rings is 1. The zero-order valence-electron chi connectivity index (χ0n) is 11.3. The minimum atomic E-state index is -1.18. The number of hydrogen-bond acceptors (Lipinski definition) is 3. The second-order valence-electron chi connectivity index (χ2n) is 4.95. The van der Waals surface area contributed by atoms with Gasteiger partial charge in [0, 0.05) is 10.6 Å². The third kappa shape index (κ3) is 2.60. The average molecular weight is 305 g/mol. The van der Waals surface area contributed by atoms with E-state index in [0.717, 1.165) is 5.56 Å². The molecule has 108 valence electrons. The molecule has 1 atom stereocenters. The molecule has 1 N–H and O–H groups in total. The summed E-state index contributed by atoms with van der Waals surface area (Å²) in [5.41, 5.74) is 0.308. The van der Waals surface area contributed by atoms with Gasteiger partial charge in [-0.1, -0.05) is 17.7 Å². The summed E-state index contributed by atoms with van der Waals surface area (Å²) >= 11 is 5.82. The van der Waals surface area contributed by atoms with Gasteiger partial charge in [-0.25, -0.2) is 4.79 Å². The Hall–Kier alpha value is -2.04. The molecule has 0 spiro atoms. The molecule has 3 rings (SSSR count). The second kappa shape index (κ2) is 5.06. The van der Waals surface area contributed by atoms with E-state index in [1.54, 1.807) is 42.5 Å². The number of carboxylic acids is 1. The van der Waals surface area contributed by atoms with Gasteiger partial charge in [-0.15, -0.1) is 0 Å². The highest BCUT2D eigenvalue weighted by Crippen LogP contribution is 2.41. The predicted octanol–water partition coefficient (Wildman–Crippen LogP) is 3.75. The first-order chi connectivity index (χ1) is 10.0. The van der Waals surface area contributed by atoms with E-state index >= 15 is 0 Å². The molecular weight excluding hydrogens is 292 g/mol. The van der Waals surface area contributed by atoms with Gasteiger partial charge >= 0.3 is 5.97 Å². The number of aliphatic carboxylic acids is 1. The number of rotatable bonds is 4. The largest absolute Gasteiger partial charge is 0.479 e. The predicted molar refractivity (Wildman–Crippen MR) is 78.0 cm³/mol. The van der Waals surface area contributed by atoms with Gasteiger partial charge in [0.05, 0.1) is 6.61 Å². The van der Waals surface area contributed by atoms with Crippen LogP contribution in [0, 0.1) is 6.92 Å². The third-order valence-electron chi connectivity index (χ3n) is 3.46. The number of hydrogen-bond donors (Lipinski definition) is 1. The van der Waals surface area contributed by atoms with Crippen molar-refractivity contribution in [3.63, 3.8) is 0 Å². The minimum absolute atomic E-state index is 0.209. The fourth-order valence-corrected chi connectivity index (χ4v) is 2.38. The average Bonchev–Trinajstić information content (AvgIpc) is 3.23. The molecule has 1 aliphatic heterocycles. The fourth-order valence-electron chi connectivity index (χ4n) is 2.26. The van der Waals surface area contributed by atoms with Crippen molar-refractivity contribution in [1.29, 1.82) is 0 Å². The Bertz CT molecular complexity index is 690. The molecule has 1 aliphatic rings. The molecule has 1 unspecified atom stereocenters. The van der Waals surface area contributed by atoms with Crippen LogP contribution in [0.3, 0.4) is 0 Å². The lowest BCUT2D eigenvalue weighted by molar-refractivity contribution is -0.143. The highest BCUT2D eigenvalue weighted by atomic mass is 35.5. The number of carboxylic acid groups (broad SMARTS) is 1. The molecule has 1 fully saturated rings. The zero-order chi connectivity index (χ0) is 15.0. The molecule has 0 aliphatic carbocycles. The topological polar surface area (TPSA) is 59.1 Å². The van der Waals surface area contributed by atoms with E-state index in [1.165, 1.54) is 0 Å². The van der Waals surface area contributed by atoms with Crippen molar-refractivity contribution >= 4 is 17.6 Å². The van der Waals surface area contributed by atoms with Crippen molar-refractivity contribution in [2.75, 3.05) is 6.61 Å². The fraction of sp³-hybridized carbons (Fsp3) is 0.188. The normalized spacial score (nSPS) is 20.1. The van der Waals surface area contributed by atoms with Crippen molar-refractivity contribution in [2.45, 2.75) is 12.5 Å². The Morgan fingerprint density at radius 3 is 2.38 bits per heavy atom. The molecule has 0 saturated carbocycles. The van der Waals surface area contributed by atoms with Crippen LogP contribution in [0.5, 0.6) is 11.5 Å². The molecule has 5 heteroatoms. The maximum Gasteiger partial charge on any atom is 0.343 e. The summed E-state index contributed by atoms with van der Waals surface area (Å²) in [6.45, 7) is 2.05. The van der Waals surface area contributed by atoms with Crippen molar-refractivity contribution in [2.24, 2.45) is 0 Å².